The Hall–Kier alpha value is -1.19. The number of aromatic nitrogens is 2. The van der Waals surface area contributed by atoms with E-state index >= 15 is 0 Å². The smallest absolute Gasteiger partial charge is 0.170 e. The molecule has 1 aliphatic heterocycles. The fraction of sp³-hybridized carbons (Fsp3) is 0.444. The molecule has 25 heavy (non-hydrogen) atoms. The van der Waals surface area contributed by atoms with Crippen molar-refractivity contribution in [3.05, 3.63) is 50.6 Å². The van der Waals surface area contributed by atoms with Gasteiger partial charge in [0.1, 0.15) is 0 Å². The zero-order valence-corrected chi connectivity index (χ0v) is 17.6. The van der Waals surface area contributed by atoms with Gasteiger partial charge in [-0.25, -0.2) is 0 Å². The van der Waals surface area contributed by atoms with Gasteiger partial charge in [-0.15, -0.1) is 0 Å². The number of aromatic amines is 1. The third-order valence-electron chi connectivity index (χ3n) is 4.59. The van der Waals surface area contributed by atoms with E-state index in [1.165, 1.54) is 20.5 Å². The summed E-state index contributed by atoms with van der Waals surface area (Å²) in [6.45, 7) is 5.83. The molecule has 2 atom stereocenters. The summed E-state index contributed by atoms with van der Waals surface area (Å²) in [5, 5.41) is 4.28. The summed E-state index contributed by atoms with van der Waals surface area (Å²) in [5.41, 5.74) is 4.70. The maximum absolute atomic E-state index is 5.67. The molecule has 3 rings (SSSR count). The summed E-state index contributed by atoms with van der Waals surface area (Å²) in [6, 6.07) is 6.19. The Balaban J connectivity index is 2.02. The lowest BCUT2D eigenvalue weighted by Gasteiger charge is -2.28. The number of H-pyrrole nitrogens is 1. The van der Waals surface area contributed by atoms with Crippen molar-refractivity contribution in [2.24, 2.45) is 0 Å². The van der Waals surface area contributed by atoms with E-state index in [0.29, 0.717) is 0 Å². The van der Waals surface area contributed by atoms with Gasteiger partial charge in [-0.05, 0) is 67.2 Å². The molecule has 2 aromatic rings. The zero-order valence-electron chi connectivity index (χ0n) is 14.7. The Morgan fingerprint density at radius 3 is 2.72 bits per heavy atom. The Labute approximate surface area is 167 Å². The molecule has 0 radical (unpaired) electrons. The van der Waals surface area contributed by atoms with Gasteiger partial charge in [0.05, 0.1) is 17.8 Å². The molecular weight excluding hydrogens is 447 g/mol. The molecule has 0 saturated carbocycles. The van der Waals surface area contributed by atoms with Gasteiger partial charge in [0.25, 0.3) is 0 Å². The first-order chi connectivity index (χ1) is 12.0. The van der Waals surface area contributed by atoms with Gasteiger partial charge in [-0.2, -0.15) is 0 Å². The number of rotatable bonds is 6. The number of ether oxygens (including phenoxy) is 1. The topological polar surface area (TPSA) is 53.2 Å². The van der Waals surface area contributed by atoms with Crippen LogP contribution < -0.4 is 5.32 Å². The molecule has 7 heteroatoms. The maximum atomic E-state index is 5.67. The number of nitrogens with one attached hydrogen (secondary N) is 2. The largest absolute Gasteiger partial charge is 0.385 e. The Kier molecular flexibility index (Phi) is 5.96. The maximum Gasteiger partial charge on any atom is 0.170 e. The monoisotopic (exact) mass is 470 g/mol. The van der Waals surface area contributed by atoms with Gasteiger partial charge < -0.3 is 19.9 Å². The minimum absolute atomic E-state index is 0.0404. The number of thiocarbonyl (C=S) groups is 1. The van der Waals surface area contributed by atoms with Crippen molar-refractivity contribution < 1.29 is 4.74 Å². The van der Waals surface area contributed by atoms with Gasteiger partial charge in [0, 0.05) is 47.0 Å². The minimum Gasteiger partial charge on any atom is -0.385 e. The van der Waals surface area contributed by atoms with Crippen LogP contribution in [0.5, 0.6) is 0 Å². The molecule has 0 bridgehead atoms. The summed E-state index contributed by atoms with van der Waals surface area (Å²) in [6.07, 6.45) is 2.77. The number of nitrogens with zero attached hydrogens (tertiary/aromatic N) is 2. The van der Waals surface area contributed by atoms with Gasteiger partial charge in [-0.1, -0.05) is 6.07 Å². The molecule has 5 nitrogen and oxygen atoms in total. The molecule has 0 aromatic carbocycles. The van der Waals surface area contributed by atoms with Gasteiger partial charge >= 0.3 is 0 Å². The second kappa shape index (κ2) is 8.01. The second-order valence-corrected chi connectivity index (χ2v) is 7.73. The zero-order chi connectivity index (χ0) is 18.0. The SMILES string of the molecule is COCCCN1C(=S)N[C@H](c2ccccn2)[C@H]1c1c(C)[nH]c(C)c1I. The lowest BCUT2D eigenvalue weighted by Crippen LogP contribution is -2.31. The van der Waals surface area contributed by atoms with Crippen LogP contribution in [0.4, 0.5) is 0 Å². The molecule has 0 aliphatic carbocycles. The highest BCUT2D eigenvalue weighted by atomic mass is 127. The molecular formula is C18H23IN4OS. The van der Waals surface area contributed by atoms with Crippen molar-refractivity contribution in [2.75, 3.05) is 20.3 Å². The van der Waals surface area contributed by atoms with Crippen molar-refractivity contribution in [1.29, 1.82) is 0 Å². The summed E-state index contributed by atoms with van der Waals surface area (Å²) in [5.74, 6) is 0. The predicted molar refractivity (Wildman–Crippen MR) is 112 cm³/mol. The first-order valence-electron chi connectivity index (χ1n) is 8.36. The van der Waals surface area contributed by atoms with E-state index in [-0.39, 0.29) is 12.1 Å². The molecule has 1 aliphatic rings. The Bertz CT molecular complexity index is 749. The lowest BCUT2D eigenvalue weighted by atomic mass is 9.96. The third kappa shape index (κ3) is 3.68. The first-order valence-corrected chi connectivity index (χ1v) is 9.84. The highest BCUT2D eigenvalue weighted by Gasteiger charge is 2.41. The first kappa shape index (κ1) is 18.6. The van der Waals surface area contributed by atoms with E-state index < -0.39 is 0 Å². The molecule has 3 heterocycles. The number of hydrogen-bond acceptors (Lipinski definition) is 3. The van der Waals surface area contributed by atoms with Crippen LogP contribution in [0.1, 0.15) is 41.1 Å². The standard InChI is InChI=1S/C18H23IN4OS/c1-11-14(15(19)12(2)21-11)17-16(13-7-4-5-8-20-13)22-18(25)23(17)9-6-10-24-3/h4-5,7-8,16-17,21H,6,9-10H2,1-3H3,(H,22,25)/t16-,17-/m1/s1. The van der Waals surface area contributed by atoms with Crippen LogP contribution in [0.2, 0.25) is 0 Å². The van der Waals surface area contributed by atoms with E-state index in [0.717, 1.165) is 30.4 Å². The van der Waals surface area contributed by atoms with E-state index in [1.807, 2.05) is 18.3 Å². The van der Waals surface area contributed by atoms with Crippen LogP contribution >= 0.6 is 34.8 Å². The van der Waals surface area contributed by atoms with Gasteiger partial charge in [0.2, 0.25) is 0 Å². The number of hydrogen-bond donors (Lipinski definition) is 2. The highest BCUT2D eigenvalue weighted by Crippen LogP contribution is 2.42. The fourth-order valence-electron chi connectivity index (χ4n) is 3.46. The molecule has 2 N–H and O–H groups in total. The van der Waals surface area contributed by atoms with Crippen LogP contribution in [-0.4, -0.2) is 40.2 Å². The van der Waals surface area contributed by atoms with Crippen molar-refractivity contribution in [3.63, 3.8) is 0 Å². The summed E-state index contributed by atoms with van der Waals surface area (Å²) < 4.78 is 6.50. The molecule has 0 amide bonds. The molecule has 0 unspecified atom stereocenters. The molecule has 2 aromatic heterocycles. The summed E-state index contributed by atoms with van der Waals surface area (Å²) in [7, 11) is 1.73. The Morgan fingerprint density at radius 1 is 1.32 bits per heavy atom. The van der Waals surface area contributed by atoms with E-state index in [9.17, 15) is 0 Å². The number of halogens is 1. The molecule has 0 spiro atoms. The number of aryl methyl sites for hydroxylation is 2. The number of methoxy groups -OCH3 is 1. The van der Waals surface area contributed by atoms with Crippen molar-refractivity contribution in [1.82, 2.24) is 20.2 Å². The fourth-order valence-corrected chi connectivity index (χ4v) is 4.65. The molecule has 1 saturated heterocycles. The van der Waals surface area contributed by atoms with Crippen LogP contribution in [-0.2, 0) is 4.74 Å². The number of pyridine rings is 1. The third-order valence-corrected chi connectivity index (χ3v) is 6.33. The van der Waals surface area contributed by atoms with Crippen molar-refractivity contribution in [3.8, 4) is 0 Å². The Morgan fingerprint density at radius 2 is 2.12 bits per heavy atom. The molecule has 134 valence electrons. The lowest BCUT2D eigenvalue weighted by molar-refractivity contribution is 0.180. The highest BCUT2D eigenvalue weighted by molar-refractivity contribution is 14.1. The van der Waals surface area contributed by atoms with Crippen molar-refractivity contribution >= 4 is 39.9 Å². The van der Waals surface area contributed by atoms with Gasteiger partial charge in [0.15, 0.2) is 5.11 Å². The van der Waals surface area contributed by atoms with Crippen LogP contribution in [0.25, 0.3) is 0 Å². The quantitative estimate of drug-likeness (QED) is 0.384. The van der Waals surface area contributed by atoms with Crippen LogP contribution in [0, 0.1) is 17.4 Å². The van der Waals surface area contributed by atoms with E-state index in [4.69, 9.17) is 17.0 Å². The van der Waals surface area contributed by atoms with Crippen molar-refractivity contribution in [2.45, 2.75) is 32.4 Å². The van der Waals surface area contributed by atoms with Crippen LogP contribution in [0.3, 0.4) is 0 Å². The normalized spacial score (nSPS) is 20.2. The summed E-state index contributed by atoms with van der Waals surface area (Å²) in [4.78, 5) is 10.3. The predicted octanol–water partition coefficient (Wildman–Crippen LogP) is 3.64. The van der Waals surface area contributed by atoms with E-state index in [2.05, 4.69) is 62.7 Å². The van der Waals surface area contributed by atoms with Crippen LogP contribution in [0.15, 0.2) is 24.4 Å². The summed E-state index contributed by atoms with van der Waals surface area (Å²) >= 11 is 8.10. The average Bonchev–Trinajstić information content (AvgIpc) is 3.05. The minimum atomic E-state index is 0.0404. The average molecular weight is 470 g/mol. The van der Waals surface area contributed by atoms with Gasteiger partial charge in [-0.3, -0.25) is 4.98 Å². The van der Waals surface area contributed by atoms with E-state index in [1.54, 1.807) is 7.11 Å². The second-order valence-electron chi connectivity index (χ2n) is 6.27. The molecule has 1 fully saturated rings.